The molecular weight excluding hydrogens is 355 g/mol. The van der Waals surface area contributed by atoms with Crippen molar-refractivity contribution in [2.45, 2.75) is 26.7 Å². The number of hydrogen-bond donors (Lipinski definition) is 1. The lowest BCUT2D eigenvalue weighted by atomic mass is 10.1. The summed E-state index contributed by atoms with van der Waals surface area (Å²) >= 11 is 0. The molecule has 140 valence electrons. The Balaban J connectivity index is 1.99. The van der Waals surface area contributed by atoms with Crippen molar-refractivity contribution in [1.29, 1.82) is 0 Å². The summed E-state index contributed by atoms with van der Waals surface area (Å²) in [4.78, 5) is 12.1. The maximum absolute atomic E-state index is 13.9. The molecule has 0 bridgehead atoms. The van der Waals surface area contributed by atoms with Gasteiger partial charge in [0.25, 0.3) is 0 Å². The van der Waals surface area contributed by atoms with Crippen LogP contribution in [0.5, 0.6) is 0 Å². The summed E-state index contributed by atoms with van der Waals surface area (Å²) in [5, 5.41) is 2.82. The standard InChI is InChI=1S/C19H23FN2O3S/c1-14-10-11-17(15(2)13-14)21-19(23)9-6-12-22(26(3,24)25)18-8-5-4-7-16(18)20/h4-5,7-8,10-11,13H,6,9,12H2,1-3H3,(H,21,23). The van der Waals surface area contributed by atoms with Crippen molar-refractivity contribution in [2.75, 3.05) is 22.4 Å². The van der Waals surface area contributed by atoms with E-state index in [1.165, 1.54) is 18.2 Å². The number of aryl methyl sites for hydroxylation is 2. The number of nitrogens with zero attached hydrogens (tertiary/aromatic N) is 1. The van der Waals surface area contributed by atoms with Gasteiger partial charge in [-0.2, -0.15) is 0 Å². The van der Waals surface area contributed by atoms with E-state index in [9.17, 15) is 17.6 Å². The largest absolute Gasteiger partial charge is 0.326 e. The molecule has 0 radical (unpaired) electrons. The second kappa shape index (κ2) is 8.31. The van der Waals surface area contributed by atoms with Crippen molar-refractivity contribution >= 4 is 27.3 Å². The molecule has 0 spiro atoms. The molecule has 0 fully saturated rings. The normalized spacial score (nSPS) is 11.2. The third-order valence-electron chi connectivity index (χ3n) is 3.94. The predicted octanol–water partition coefficient (Wildman–Crippen LogP) is 3.63. The summed E-state index contributed by atoms with van der Waals surface area (Å²) in [5.74, 6) is -0.823. The highest BCUT2D eigenvalue weighted by Crippen LogP contribution is 2.22. The van der Waals surface area contributed by atoms with Crippen molar-refractivity contribution in [3.63, 3.8) is 0 Å². The van der Waals surface area contributed by atoms with Crippen LogP contribution in [0.25, 0.3) is 0 Å². The number of amides is 1. The highest BCUT2D eigenvalue weighted by atomic mass is 32.2. The van der Waals surface area contributed by atoms with Crippen molar-refractivity contribution in [2.24, 2.45) is 0 Å². The average Bonchev–Trinajstić information content (AvgIpc) is 2.54. The van der Waals surface area contributed by atoms with Crippen LogP contribution in [0.1, 0.15) is 24.0 Å². The van der Waals surface area contributed by atoms with Gasteiger partial charge in [0, 0.05) is 18.7 Å². The molecule has 0 aromatic heterocycles. The van der Waals surface area contributed by atoms with Crippen LogP contribution >= 0.6 is 0 Å². The second-order valence-corrected chi connectivity index (χ2v) is 8.16. The zero-order valence-electron chi connectivity index (χ0n) is 15.1. The lowest BCUT2D eigenvalue weighted by Gasteiger charge is -2.22. The predicted molar refractivity (Wildman–Crippen MR) is 102 cm³/mol. The molecule has 0 aliphatic carbocycles. The summed E-state index contributed by atoms with van der Waals surface area (Å²) in [5.41, 5.74) is 2.79. The van der Waals surface area contributed by atoms with E-state index in [1.807, 2.05) is 32.0 Å². The minimum absolute atomic E-state index is 0.00946. The molecule has 0 saturated carbocycles. The number of halogens is 1. The molecule has 26 heavy (non-hydrogen) atoms. The fourth-order valence-electron chi connectivity index (χ4n) is 2.67. The summed E-state index contributed by atoms with van der Waals surface area (Å²) in [6.45, 7) is 3.91. The average molecular weight is 378 g/mol. The maximum atomic E-state index is 13.9. The van der Waals surface area contributed by atoms with Crippen LogP contribution in [0, 0.1) is 19.7 Å². The van der Waals surface area contributed by atoms with Crippen LogP contribution < -0.4 is 9.62 Å². The fourth-order valence-corrected chi connectivity index (χ4v) is 3.63. The zero-order chi connectivity index (χ0) is 19.3. The molecule has 0 heterocycles. The Labute approximate surface area is 153 Å². The molecule has 2 aromatic rings. The lowest BCUT2D eigenvalue weighted by Crippen LogP contribution is -2.32. The van der Waals surface area contributed by atoms with Gasteiger partial charge < -0.3 is 5.32 Å². The van der Waals surface area contributed by atoms with Crippen LogP contribution in [0.2, 0.25) is 0 Å². The molecule has 7 heteroatoms. The molecule has 0 aliphatic rings. The van der Waals surface area contributed by atoms with Gasteiger partial charge >= 0.3 is 0 Å². The number of nitrogens with one attached hydrogen (secondary N) is 1. The molecule has 1 N–H and O–H groups in total. The van der Waals surface area contributed by atoms with Gasteiger partial charge in [0.15, 0.2) is 0 Å². The van der Waals surface area contributed by atoms with Crippen molar-refractivity contribution in [3.05, 3.63) is 59.4 Å². The van der Waals surface area contributed by atoms with Gasteiger partial charge in [-0.1, -0.05) is 29.8 Å². The second-order valence-electron chi connectivity index (χ2n) is 6.26. The smallest absolute Gasteiger partial charge is 0.232 e. The Kier molecular flexibility index (Phi) is 6.37. The summed E-state index contributed by atoms with van der Waals surface area (Å²) in [7, 11) is -3.65. The van der Waals surface area contributed by atoms with Gasteiger partial charge in [-0.15, -0.1) is 0 Å². The maximum Gasteiger partial charge on any atom is 0.232 e. The minimum Gasteiger partial charge on any atom is -0.326 e. The first-order chi connectivity index (χ1) is 12.2. The van der Waals surface area contributed by atoms with Gasteiger partial charge in [0.05, 0.1) is 11.9 Å². The van der Waals surface area contributed by atoms with Crippen molar-refractivity contribution in [1.82, 2.24) is 0 Å². The molecule has 0 unspecified atom stereocenters. The van der Waals surface area contributed by atoms with Gasteiger partial charge in [-0.3, -0.25) is 9.10 Å². The number of anilines is 2. The minimum atomic E-state index is -3.65. The first kappa shape index (κ1) is 19.9. The number of carbonyl (C=O) groups is 1. The zero-order valence-corrected chi connectivity index (χ0v) is 15.9. The molecule has 5 nitrogen and oxygen atoms in total. The number of rotatable bonds is 7. The number of hydrogen-bond acceptors (Lipinski definition) is 3. The van der Waals surface area contributed by atoms with Crippen LogP contribution in [-0.2, 0) is 14.8 Å². The van der Waals surface area contributed by atoms with E-state index < -0.39 is 15.8 Å². The number of carbonyl (C=O) groups excluding carboxylic acids is 1. The summed E-state index contributed by atoms with van der Waals surface area (Å²) in [6, 6.07) is 11.4. The Morgan fingerprint density at radius 1 is 1.15 bits per heavy atom. The Hall–Kier alpha value is -2.41. The number of sulfonamides is 1. The fraction of sp³-hybridized carbons (Fsp3) is 0.316. The highest BCUT2D eigenvalue weighted by molar-refractivity contribution is 7.92. The van der Waals surface area contributed by atoms with Gasteiger partial charge in [0.1, 0.15) is 5.82 Å². The highest BCUT2D eigenvalue weighted by Gasteiger charge is 2.20. The lowest BCUT2D eigenvalue weighted by molar-refractivity contribution is -0.116. The molecule has 0 saturated heterocycles. The first-order valence-electron chi connectivity index (χ1n) is 8.28. The van der Waals surface area contributed by atoms with E-state index in [4.69, 9.17) is 0 Å². The van der Waals surface area contributed by atoms with Gasteiger partial charge in [-0.05, 0) is 44.0 Å². The molecule has 1 amide bonds. The van der Waals surface area contributed by atoms with E-state index in [2.05, 4.69) is 5.32 Å². The van der Waals surface area contributed by atoms with E-state index >= 15 is 0 Å². The summed E-state index contributed by atoms with van der Waals surface area (Å²) in [6.07, 6.45) is 1.43. The van der Waals surface area contributed by atoms with Gasteiger partial charge in [0.2, 0.25) is 15.9 Å². The number of para-hydroxylation sites is 1. The van der Waals surface area contributed by atoms with E-state index in [1.54, 1.807) is 6.07 Å². The van der Waals surface area contributed by atoms with E-state index in [0.717, 1.165) is 27.4 Å². The van der Waals surface area contributed by atoms with Crippen LogP contribution in [0.3, 0.4) is 0 Å². The van der Waals surface area contributed by atoms with Crippen LogP contribution in [0.4, 0.5) is 15.8 Å². The van der Waals surface area contributed by atoms with Crippen LogP contribution in [-0.4, -0.2) is 27.1 Å². The topological polar surface area (TPSA) is 66.5 Å². The Bertz CT molecular complexity index is 897. The van der Waals surface area contributed by atoms with Crippen molar-refractivity contribution < 1.29 is 17.6 Å². The molecule has 2 rings (SSSR count). The molecule has 2 aromatic carbocycles. The molecule has 0 aliphatic heterocycles. The SMILES string of the molecule is Cc1ccc(NC(=O)CCCN(c2ccccc2F)S(C)(=O)=O)c(C)c1. The quantitative estimate of drug-likeness (QED) is 0.800. The third-order valence-corrected chi connectivity index (χ3v) is 5.12. The van der Waals surface area contributed by atoms with Crippen LogP contribution in [0.15, 0.2) is 42.5 Å². The third kappa shape index (κ3) is 5.29. The van der Waals surface area contributed by atoms with E-state index in [0.29, 0.717) is 0 Å². The molecule has 0 atom stereocenters. The van der Waals surface area contributed by atoms with Crippen molar-refractivity contribution in [3.8, 4) is 0 Å². The monoisotopic (exact) mass is 378 g/mol. The Morgan fingerprint density at radius 3 is 2.46 bits per heavy atom. The van der Waals surface area contributed by atoms with E-state index in [-0.39, 0.29) is 31.0 Å². The summed E-state index contributed by atoms with van der Waals surface area (Å²) < 4.78 is 38.9. The molecular formula is C19H23FN2O3S. The Morgan fingerprint density at radius 2 is 1.85 bits per heavy atom. The number of benzene rings is 2. The van der Waals surface area contributed by atoms with Gasteiger partial charge in [-0.25, -0.2) is 12.8 Å². The first-order valence-corrected chi connectivity index (χ1v) is 10.1.